The number of imide groups is 1. The maximum atomic E-state index is 12.9. The molecule has 1 aromatic carbocycles. The van der Waals surface area contributed by atoms with E-state index in [1.165, 1.54) is 5.56 Å². The molecule has 1 saturated carbocycles. The standard InChI is InChI=1S/C24H31N5O3/c1-23(2,3)18-9-7-17(8-10-18)15-29-19(11-14-25-29)26-20(30)16-28-21(31)24(27-22(28)32)12-5-4-6-13-24/h7-11,14H,4-6,12-13,15-16H2,1-3H3,(H,26,30)(H,27,32). The molecule has 8 nitrogen and oxygen atoms in total. The first-order valence-corrected chi connectivity index (χ1v) is 11.2. The van der Waals surface area contributed by atoms with Crippen molar-refractivity contribution in [3.63, 3.8) is 0 Å². The van der Waals surface area contributed by atoms with Gasteiger partial charge >= 0.3 is 6.03 Å². The van der Waals surface area contributed by atoms with Gasteiger partial charge in [0.25, 0.3) is 5.91 Å². The van der Waals surface area contributed by atoms with Crippen molar-refractivity contribution in [3.05, 3.63) is 47.7 Å². The van der Waals surface area contributed by atoms with E-state index in [0.717, 1.165) is 29.7 Å². The Balaban J connectivity index is 1.39. The van der Waals surface area contributed by atoms with Gasteiger partial charge in [-0.2, -0.15) is 5.10 Å². The molecule has 1 aliphatic carbocycles. The summed E-state index contributed by atoms with van der Waals surface area (Å²) in [5.74, 6) is -0.190. The van der Waals surface area contributed by atoms with Crippen molar-refractivity contribution in [1.29, 1.82) is 0 Å². The van der Waals surface area contributed by atoms with Crippen molar-refractivity contribution in [2.75, 3.05) is 11.9 Å². The lowest BCUT2D eigenvalue weighted by atomic mass is 9.82. The number of nitrogens with zero attached hydrogens (tertiary/aromatic N) is 3. The normalized spacial score (nSPS) is 18.2. The minimum absolute atomic E-state index is 0.0822. The molecule has 2 heterocycles. The molecular weight excluding hydrogens is 406 g/mol. The molecule has 1 saturated heterocycles. The van der Waals surface area contributed by atoms with E-state index in [-0.39, 0.29) is 17.9 Å². The topological polar surface area (TPSA) is 96.3 Å². The Bertz CT molecular complexity index is 1010. The quantitative estimate of drug-likeness (QED) is 0.701. The molecule has 0 unspecified atom stereocenters. The summed E-state index contributed by atoms with van der Waals surface area (Å²) in [5, 5.41) is 9.93. The Morgan fingerprint density at radius 2 is 1.78 bits per heavy atom. The minimum atomic E-state index is -0.823. The molecule has 0 bridgehead atoms. The summed E-state index contributed by atoms with van der Waals surface area (Å²) in [6.45, 7) is 6.71. The van der Waals surface area contributed by atoms with Crippen molar-refractivity contribution < 1.29 is 14.4 Å². The van der Waals surface area contributed by atoms with Crippen molar-refractivity contribution in [1.82, 2.24) is 20.0 Å². The number of carbonyl (C=O) groups is 3. The van der Waals surface area contributed by atoms with E-state index in [4.69, 9.17) is 0 Å². The van der Waals surface area contributed by atoms with Gasteiger partial charge in [-0.05, 0) is 29.4 Å². The molecule has 2 fully saturated rings. The summed E-state index contributed by atoms with van der Waals surface area (Å²) >= 11 is 0. The fourth-order valence-electron chi connectivity index (χ4n) is 4.49. The Morgan fingerprint density at radius 3 is 2.44 bits per heavy atom. The number of nitrogens with one attached hydrogen (secondary N) is 2. The lowest BCUT2D eigenvalue weighted by Crippen LogP contribution is -2.48. The molecule has 4 rings (SSSR count). The molecule has 32 heavy (non-hydrogen) atoms. The summed E-state index contributed by atoms with van der Waals surface area (Å²) in [7, 11) is 0. The number of carbonyl (C=O) groups excluding carboxylic acids is 3. The molecule has 4 amide bonds. The molecule has 2 N–H and O–H groups in total. The molecule has 0 atom stereocenters. The largest absolute Gasteiger partial charge is 0.325 e. The van der Waals surface area contributed by atoms with Gasteiger partial charge in [0.2, 0.25) is 5.91 Å². The summed E-state index contributed by atoms with van der Waals surface area (Å²) in [6, 6.07) is 9.55. The summed E-state index contributed by atoms with van der Waals surface area (Å²) in [5.41, 5.74) is 1.57. The molecule has 1 aromatic heterocycles. The third-order valence-electron chi connectivity index (χ3n) is 6.39. The van der Waals surface area contributed by atoms with Gasteiger partial charge < -0.3 is 10.6 Å². The van der Waals surface area contributed by atoms with Crippen LogP contribution in [0.15, 0.2) is 36.5 Å². The van der Waals surface area contributed by atoms with Gasteiger partial charge in [0.05, 0.1) is 12.7 Å². The lowest BCUT2D eigenvalue weighted by molar-refractivity contribution is -0.134. The molecule has 2 aromatic rings. The van der Waals surface area contributed by atoms with E-state index in [1.54, 1.807) is 16.9 Å². The minimum Gasteiger partial charge on any atom is -0.323 e. The van der Waals surface area contributed by atoms with Crippen LogP contribution >= 0.6 is 0 Å². The number of rotatable bonds is 5. The van der Waals surface area contributed by atoms with E-state index in [2.05, 4.69) is 60.8 Å². The third kappa shape index (κ3) is 4.40. The number of amides is 4. The van der Waals surface area contributed by atoms with Gasteiger partial charge in [-0.25, -0.2) is 9.48 Å². The van der Waals surface area contributed by atoms with Crippen LogP contribution in [0.25, 0.3) is 0 Å². The predicted molar refractivity (Wildman–Crippen MR) is 121 cm³/mol. The fraction of sp³-hybridized carbons (Fsp3) is 0.500. The number of anilines is 1. The maximum Gasteiger partial charge on any atom is 0.325 e. The van der Waals surface area contributed by atoms with Crippen LogP contribution in [0.4, 0.5) is 10.6 Å². The molecule has 1 spiro atoms. The van der Waals surface area contributed by atoms with Crippen molar-refractivity contribution in [3.8, 4) is 0 Å². The first kappa shape index (κ1) is 22.0. The van der Waals surface area contributed by atoms with Crippen molar-refractivity contribution in [2.45, 2.75) is 70.4 Å². The maximum absolute atomic E-state index is 12.9. The second kappa shape index (κ2) is 8.41. The summed E-state index contributed by atoms with van der Waals surface area (Å²) < 4.78 is 1.69. The molecular formula is C24H31N5O3. The molecule has 1 aliphatic heterocycles. The van der Waals surface area contributed by atoms with E-state index < -0.39 is 17.5 Å². The van der Waals surface area contributed by atoms with Gasteiger partial charge in [-0.15, -0.1) is 0 Å². The van der Waals surface area contributed by atoms with E-state index in [1.807, 2.05) is 0 Å². The van der Waals surface area contributed by atoms with Crippen molar-refractivity contribution >= 4 is 23.7 Å². The highest BCUT2D eigenvalue weighted by Crippen LogP contribution is 2.33. The highest BCUT2D eigenvalue weighted by atomic mass is 16.2. The average Bonchev–Trinajstić information content (AvgIpc) is 3.26. The first-order valence-electron chi connectivity index (χ1n) is 11.2. The Kier molecular flexibility index (Phi) is 5.79. The van der Waals surface area contributed by atoms with Crippen LogP contribution in [0.3, 0.4) is 0 Å². The van der Waals surface area contributed by atoms with E-state index >= 15 is 0 Å². The number of hydrogen-bond acceptors (Lipinski definition) is 4. The number of urea groups is 1. The van der Waals surface area contributed by atoms with Gasteiger partial charge in [0.1, 0.15) is 17.9 Å². The molecule has 8 heteroatoms. The van der Waals surface area contributed by atoms with Gasteiger partial charge in [-0.3, -0.25) is 14.5 Å². The average molecular weight is 438 g/mol. The third-order valence-corrected chi connectivity index (χ3v) is 6.39. The van der Waals surface area contributed by atoms with Crippen LogP contribution in [-0.2, 0) is 21.5 Å². The Morgan fingerprint density at radius 1 is 1.09 bits per heavy atom. The first-order chi connectivity index (χ1) is 15.2. The highest BCUT2D eigenvalue weighted by Gasteiger charge is 2.51. The van der Waals surface area contributed by atoms with E-state index in [9.17, 15) is 14.4 Å². The zero-order chi connectivity index (χ0) is 22.9. The van der Waals surface area contributed by atoms with Gasteiger partial charge in [0, 0.05) is 6.07 Å². The Labute approximate surface area is 188 Å². The second-order valence-corrected chi connectivity index (χ2v) is 9.83. The van der Waals surface area contributed by atoms with Crippen LogP contribution in [0.1, 0.15) is 64.0 Å². The van der Waals surface area contributed by atoms with Gasteiger partial charge in [-0.1, -0.05) is 64.3 Å². The molecule has 2 aliphatic rings. The second-order valence-electron chi connectivity index (χ2n) is 9.83. The smallest absolute Gasteiger partial charge is 0.323 e. The Hall–Kier alpha value is -3.16. The zero-order valence-electron chi connectivity index (χ0n) is 19.0. The van der Waals surface area contributed by atoms with Crippen LogP contribution in [-0.4, -0.2) is 44.6 Å². The zero-order valence-corrected chi connectivity index (χ0v) is 19.0. The molecule has 0 radical (unpaired) electrons. The monoisotopic (exact) mass is 437 g/mol. The summed E-state index contributed by atoms with van der Waals surface area (Å²) in [4.78, 5) is 39.0. The lowest BCUT2D eigenvalue weighted by Gasteiger charge is -2.30. The highest BCUT2D eigenvalue weighted by molar-refractivity contribution is 6.10. The fourth-order valence-corrected chi connectivity index (χ4v) is 4.49. The van der Waals surface area contributed by atoms with Crippen molar-refractivity contribution in [2.24, 2.45) is 0 Å². The van der Waals surface area contributed by atoms with Gasteiger partial charge in [0.15, 0.2) is 0 Å². The van der Waals surface area contributed by atoms with E-state index in [0.29, 0.717) is 25.2 Å². The summed E-state index contributed by atoms with van der Waals surface area (Å²) in [6.07, 6.45) is 5.76. The number of benzene rings is 1. The van der Waals surface area contributed by atoms with Crippen LogP contribution in [0.2, 0.25) is 0 Å². The van der Waals surface area contributed by atoms with Crippen LogP contribution in [0.5, 0.6) is 0 Å². The molecule has 170 valence electrons. The predicted octanol–water partition coefficient (Wildman–Crippen LogP) is 3.42. The SMILES string of the molecule is CC(C)(C)c1ccc(Cn2nccc2NC(=O)CN2C(=O)NC3(CCCCC3)C2=O)cc1. The van der Waals surface area contributed by atoms with Crippen LogP contribution < -0.4 is 10.6 Å². The van der Waals surface area contributed by atoms with Crippen LogP contribution in [0, 0.1) is 0 Å². The number of aromatic nitrogens is 2. The number of hydrogen-bond donors (Lipinski definition) is 2.